The van der Waals surface area contributed by atoms with Crippen LogP contribution in [-0.4, -0.2) is 24.6 Å². The minimum atomic E-state index is -1.09. The SMILES string of the molecule is Cc1ccccc1OCCC(=O)O[C@@H](C)C(=O)Nc1ccc(F)c(F)c1. The Morgan fingerprint density at radius 1 is 1.12 bits per heavy atom. The lowest BCUT2D eigenvalue weighted by molar-refractivity contribution is -0.153. The summed E-state index contributed by atoms with van der Waals surface area (Å²) in [5.74, 6) is -2.68. The number of aryl methyl sites for hydroxylation is 1. The van der Waals surface area contributed by atoms with Crippen molar-refractivity contribution in [3.8, 4) is 5.75 Å². The minimum Gasteiger partial charge on any atom is -0.493 e. The average Bonchev–Trinajstić information content (AvgIpc) is 2.59. The molecule has 138 valence electrons. The second-order valence-electron chi connectivity index (χ2n) is 5.61. The zero-order chi connectivity index (χ0) is 19.1. The number of benzene rings is 2. The summed E-state index contributed by atoms with van der Waals surface area (Å²) in [6.45, 7) is 3.38. The molecule has 1 N–H and O–H groups in total. The Labute approximate surface area is 149 Å². The van der Waals surface area contributed by atoms with Crippen LogP contribution in [0.2, 0.25) is 0 Å². The number of carbonyl (C=O) groups is 2. The summed E-state index contributed by atoms with van der Waals surface area (Å²) >= 11 is 0. The van der Waals surface area contributed by atoms with E-state index in [-0.39, 0.29) is 18.7 Å². The van der Waals surface area contributed by atoms with Gasteiger partial charge in [-0.15, -0.1) is 0 Å². The predicted molar refractivity (Wildman–Crippen MR) is 91.8 cm³/mol. The standard InChI is InChI=1S/C19H19F2NO4/c1-12-5-3-4-6-17(12)25-10-9-18(23)26-13(2)19(24)22-14-7-8-15(20)16(21)11-14/h3-8,11,13H,9-10H2,1-2H3,(H,22,24)/t13-/m0/s1. The number of hydrogen-bond acceptors (Lipinski definition) is 4. The molecule has 2 aromatic rings. The molecular weight excluding hydrogens is 344 g/mol. The molecule has 0 bridgehead atoms. The Bertz CT molecular complexity index is 795. The Morgan fingerprint density at radius 2 is 1.85 bits per heavy atom. The molecule has 2 aromatic carbocycles. The lowest BCUT2D eigenvalue weighted by atomic mass is 10.2. The van der Waals surface area contributed by atoms with Crippen LogP contribution in [0.4, 0.5) is 14.5 Å². The van der Waals surface area contributed by atoms with Crippen LogP contribution in [-0.2, 0) is 14.3 Å². The van der Waals surface area contributed by atoms with E-state index in [4.69, 9.17) is 9.47 Å². The van der Waals surface area contributed by atoms with Crippen LogP contribution in [0.5, 0.6) is 5.75 Å². The maximum absolute atomic E-state index is 13.1. The van der Waals surface area contributed by atoms with Gasteiger partial charge in [-0.3, -0.25) is 9.59 Å². The summed E-state index contributed by atoms with van der Waals surface area (Å²) in [5.41, 5.74) is 1.01. The number of rotatable bonds is 7. The van der Waals surface area contributed by atoms with Gasteiger partial charge in [-0.1, -0.05) is 18.2 Å². The van der Waals surface area contributed by atoms with E-state index in [1.54, 1.807) is 6.07 Å². The maximum Gasteiger partial charge on any atom is 0.310 e. The smallest absolute Gasteiger partial charge is 0.310 e. The third kappa shape index (κ3) is 5.54. The Kier molecular flexibility index (Phi) is 6.66. The third-order valence-electron chi connectivity index (χ3n) is 3.52. The number of nitrogens with one attached hydrogen (secondary N) is 1. The van der Waals surface area contributed by atoms with E-state index in [1.165, 1.54) is 13.0 Å². The number of ether oxygens (including phenoxy) is 2. The molecule has 26 heavy (non-hydrogen) atoms. The molecular formula is C19H19F2NO4. The van der Waals surface area contributed by atoms with Gasteiger partial charge in [-0.05, 0) is 37.6 Å². The number of esters is 1. The quantitative estimate of drug-likeness (QED) is 0.763. The van der Waals surface area contributed by atoms with Crippen LogP contribution < -0.4 is 10.1 Å². The van der Waals surface area contributed by atoms with E-state index in [0.29, 0.717) is 5.75 Å². The van der Waals surface area contributed by atoms with Crippen molar-refractivity contribution >= 4 is 17.6 Å². The minimum absolute atomic E-state index is 0.0306. The van der Waals surface area contributed by atoms with Crippen molar-refractivity contribution in [1.29, 1.82) is 0 Å². The van der Waals surface area contributed by atoms with E-state index < -0.39 is 29.6 Å². The van der Waals surface area contributed by atoms with Gasteiger partial charge in [0, 0.05) is 11.8 Å². The van der Waals surface area contributed by atoms with Crippen LogP contribution in [0.15, 0.2) is 42.5 Å². The molecule has 0 aromatic heterocycles. The molecule has 1 amide bonds. The molecule has 0 saturated carbocycles. The average molecular weight is 363 g/mol. The summed E-state index contributed by atoms with van der Waals surface area (Å²) < 4.78 is 36.5. The van der Waals surface area contributed by atoms with Crippen LogP contribution in [0, 0.1) is 18.6 Å². The first-order valence-corrected chi connectivity index (χ1v) is 8.00. The highest BCUT2D eigenvalue weighted by atomic mass is 19.2. The van der Waals surface area contributed by atoms with Crippen LogP contribution in [0.25, 0.3) is 0 Å². The van der Waals surface area contributed by atoms with Crippen LogP contribution >= 0.6 is 0 Å². The summed E-state index contributed by atoms with van der Waals surface area (Å²) in [5, 5.41) is 2.35. The molecule has 1 atom stereocenters. The van der Waals surface area contributed by atoms with Gasteiger partial charge >= 0.3 is 5.97 Å². The number of anilines is 1. The molecule has 0 aliphatic carbocycles. The van der Waals surface area contributed by atoms with Gasteiger partial charge in [0.15, 0.2) is 17.7 Å². The van der Waals surface area contributed by atoms with E-state index in [0.717, 1.165) is 17.7 Å². The fourth-order valence-electron chi connectivity index (χ4n) is 2.09. The lowest BCUT2D eigenvalue weighted by Gasteiger charge is -2.14. The Balaban J connectivity index is 1.77. The number of amides is 1. The molecule has 2 rings (SSSR count). The van der Waals surface area contributed by atoms with Gasteiger partial charge in [0.2, 0.25) is 0 Å². The maximum atomic E-state index is 13.1. The normalized spacial score (nSPS) is 11.5. The van der Waals surface area contributed by atoms with Gasteiger partial charge in [0.25, 0.3) is 5.91 Å². The van der Waals surface area contributed by atoms with Crippen molar-refractivity contribution in [1.82, 2.24) is 0 Å². The molecule has 0 radical (unpaired) electrons. The van der Waals surface area contributed by atoms with Crippen molar-refractivity contribution in [2.75, 3.05) is 11.9 Å². The van der Waals surface area contributed by atoms with Crippen LogP contribution in [0.3, 0.4) is 0 Å². The molecule has 7 heteroatoms. The van der Waals surface area contributed by atoms with Crippen molar-refractivity contribution in [3.63, 3.8) is 0 Å². The largest absolute Gasteiger partial charge is 0.493 e. The van der Waals surface area contributed by atoms with Gasteiger partial charge in [-0.2, -0.15) is 0 Å². The zero-order valence-corrected chi connectivity index (χ0v) is 14.4. The molecule has 0 fully saturated rings. The highest BCUT2D eigenvalue weighted by molar-refractivity contribution is 5.95. The Morgan fingerprint density at radius 3 is 2.54 bits per heavy atom. The lowest BCUT2D eigenvalue weighted by Crippen LogP contribution is -2.30. The molecule has 5 nitrogen and oxygen atoms in total. The first-order chi connectivity index (χ1) is 12.4. The van der Waals surface area contributed by atoms with Gasteiger partial charge < -0.3 is 14.8 Å². The molecule has 0 heterocycles. The molecule has 0 unspecified atom stereocenters. The van der Waals surface area contributed by atoms with E-state index in [9.17, 15) is 18.4 Å². The van der Waals surface area contributed by atoms with E-state index >= 15 is 0 Å². The molecule has 0 aliphatic rings. The van der Waals surface area contributed by atoms with Crippen molar-refractivity contribution in [2.24, 2.45) is 0 Å². The second kappa shape index (κ2) is 8.94. The highest BCUT2D eigenvalue weighted by Gasteiger charge is 2.18. The Hall–Kier alpha value is -2.96. The number of carbonyl (C=O) groups excluding carboxylic acids is 2. The van der Waals surface area contributed by atoms with Gasteiger partial charge in [-0.25, -0.2) is 8.78 Å². The summed E-state index contributed by atoms with van der Waals surface area (Å²) in [6, 6.07) is 10.3. The topological polar surface area (TPSA) is 64.6 Å². The fourth-order valence-corrected chi connectivity index (χ4v) is 2.09. The number of hydrogen-bond donors (Lipinski definition) is 1. The third-order valence-corrected chi connectivity index (χ3v) is 3.52. The van der Waals surface area contributed by atoms with Crippen LogP contribution in [0.1, 0.15) is 18.9 Å². The fraction of sp³-hybridized carbons (Fsp3) is 0.263. The van der Waals surface area contributed by atoms with Gasteiger partial charge in [0.05, 0.1) is 13.0 Å². The van der Waals surface area contributed by atoms with Crippen molar-refractivity contribution in [3.05, 3.63) is 59.7 Å². The summed E-state index contributed by atoms with van der Waals surface area (Å²) in [4.78, 5) is 23.7. The molecule has 0 saturated heterocycles. The summed E-state index contributed by atoms with van der Waals surface area (Å²) in [7, 11) is 0. The van der Waals surface area contributed by atoms with Gasteiger partial charge in [0.1, 0.15) is 5.75 Å². The zero-order valence-electron chi connectivity index (χ0n) is 14.4. The summed E-state index contributed by atoms with van der Waals surface area (Å²) in [6.07, 6.45) is -1.12. The monoisotopic (exact) mass is 363 g/mol. The predicted octanol–water partition coefficient (Wildman–Crippen LogP) is 3.61. The molecule has 0 spiro atoms. The molecule has 0 aliphatic heterocycles. The number of halogens is 2. The van der Waals surface area contributed by atoms with E-state index in [1.807, 2.05) is 25.1 Å². The first kappa shape index (κ1) is 19.4. The van der Waals surface area contributed by atoms with Crippen molar-refractivity contribution < 1.29 is 27.8 Å². The van der Waals surface area contributed by atoms with Crippen molar-refractivity contribution in [2.45, 2.75) is 26.4 Å². The number of para-hydroxylation sites is 1. The second-order valence-corrected chi connectivity index (χ2v) is 5.61. The van der Waals surface area contributed by atoms with E-state index in [2.05, 4.69) is 5.32 Å². The highest BCUT2D eigenvalue weighted by Crippen LogP contribution is 2.16. The first-order valence-electron chi connectivity index (χ1n) is 8.00.